The van der Waals surface area contributed by atoms with Gasteiger partial charge in [-0.1, -0.05) is 12.1 Å². The molecule has 6 rings (SSSR count). The Kier molecular flexibility index (Phi) is 7.11. The first kappa shape index (κ1) is 27.4. The van der Waals surface area contributed by atoms with E-state index in [1.54, 1.807) is 25.4 Å². The highest BCUT2D eigenvalue weighted by atomic mass is 19.1. The highest BCUT2D eigenvalue weighted by molar-refractivity contribution is 6.12. The average molecular weight is 563 g/mol. The lowest BCUT2D eigenvalue weighted by atomic mass is 9.89. The van der Waals surface area contributed by atoms with Crippen molar-refractivity contribution in [2.75, 3.05) is 13.7 Å². The second-order valence-electron chi connectivity index (χ2n) is 10.8. The number of Topliss-reactive ketones (excluding diaryl/α,β-unsaturated/α-hetero) is 1. The summed E-state index contributed by atoms with van der Waals surface area (Å²) in [4.78, 5) is 31.4. The Morgan fingerprint density at radius 3 is 2.45 bits per heavy atom. The Morgan fingerprint density at radius 1 is 1.02 bits per heavy atom. The number of halogens is 1. The van der Waals surface area contributed by atoms with Gasteiger partial charge in [-0.2, -0.15) is 0 Å². The van der Waals surface area contributed by atoms with E-state index in [0.717, 1.165) is 35.2 Å². The van der Waals surface area contributed by atoms with Gasteiger partial charge in [0.1, 0.15) is 22.9 Å². The van der Waals surface area contributed by atoms with E-state index in [2.05, 4.69) is 10.3 Å². The number of ether oxygens (including phenoxy) is 1. The number of amides is 1. The molecule has 1 aliphatic rings. The predicted molar refractivity (Wildman–Crippen MR) is 160 cm³/mol. The van der Waals surface area contributed by atoms with Crippen molar-refractivity contribution in [3.63, 3.8) is 0 Å². The third-order valence-electron chi connectivity index (χ3n) is 8.05. The van der Waals surface area contributed by atoms with Crippen molar-refractivity contribution in [1.82, 2.24) is 10.3 Å². The fraction of sp³-hybridized carbons (Fsp3) is 0.229. The van der Waals surface area contributed by atoms with Gasteiger partial charge in [-0.3, -0.25) is 14.6 Å². The first-order valence-electron chi connectivity index (χ1n) is 14.1. The standard InChI is InChI=1S/C35H31FN2O4/c1-4-41-30-17-21(2)25(19-26(30)28(39)20-35(14-15-35)31-7-5-6-16-38-31)23-10-13-29-27(18-23)32(34(40)37-3)33(42-29)22-8-11-24(36)12-9-22/h5-13,16-19H,4,14-15,20H2,1-3H3,(H,37,40). The Hall–Kier alpha value is -4.78. The molecule has 1 fully saturated rings. The molecular formula is C35H31FN2O4. The number of rotatable bonds is 9. The van der Waals surface area contributed by atoms with Crippen LogP contribution < -0.4 is 10.1 Å². The maximum absolute atomic E-state index is 13.8. The highest BCUT2D eigenvalue weighted by Gasteiger charge is 2.47. The second-order valence-corrected chi connectivity index (χ2v) is 10.8. The monoisotopic (exact) mass is 562 g/mol. The summed E-state index contributed by atoms with van der Waals surface area (Å²) in [5.41, 5.74) is 5.37. The van der Waals surface area contributed by atoms with Crippen LogP contribution in [0.3, 0.4) is 0 Å². The van der Waals surface area contributed by atoms with E-state index < -0.39 is 0 Å². The van der Waals surface area contributed by atoms with Gasteiger partial charge in [0.25, 0.3) is 5.91 Å². The SMILES string of the molecule is CCOc1cc(C)c(-c2ccc3oc(-c4ccc(F)cc4)c(C(=O)NC)c3c2)cc1C(=O)CC1(c2ccccn2)CC1. The van der Waals surface area contributed by atoms with Crippen molar-refractivity contribution in [1.29, 1.82) is 0 Å². The summed E-state index contributed by atoms with van der Waals surface area (Å²) < 4.78 is 25.7. The van der Waals surface area contributed by atoms with Crippen LogP contribution in [-0.2, 0) is 5.41 Å². The minimum Gasteiger partial charge on any atom is -0.493 e. The number of hydrogen-bond acceptors (Lipinski definition) is 5. The van der Waals surface area contributed by atoms with E-state index in [9.17, 15) is 14.0 Å². The summed E-state index contributed by atoms with van der Waals surface area (Å²) in [6, 6.07) is 21.2. The van der Waals surface area contributed by atoms with Crippen LogP contribution in [0.5, 0.6) is 5.75 Å². The molecule has 0 bridgehead atoms. The molecule has 1 N–H and O–H groups in total. The molecule has 1 saturated carbocycles. The summed E-state index contributed by atoms with van der Waals surface area (Å²) in [6.45, 7) is 4.32. The van der Waals surface area contributed by atoms with Crippen molar-refractivity contribution in [2.45, 2.75) is 38.5 Å². The number of hydrogen-bond donors (Lipinski definition) is 1. The van der Waals surface area contributed by atoms with Gasteiger partial charge < -0.3 is 14.5 Å². The molecule has 0 saturated heterocycles. The maximum Gasteiger partial charge on any atom is 0.255 e. The molecule has 212 valence electrons. The van der Waals surface area contributed by atoms with Gasteiger partial charge in [0.2, 0.25) is 0 Å². The number of carbonyl (C=O) groups excluding carboxylic acids is 2. The topological polar surface area (TPSA) is 81.4 Å². The number of aromatic nitrogens is 1. The van der Waals surface area contributed by atoms with Crippen LogP contribution in [0.2, 0.25) is 0 Å². The van der Waals surface area contributed by atoms with Gasteiger partial charge >= 0.3 is 0 Å². The molecule has 7 heteroatoms. The Morgan fingerprint density at radius 2 is 1.79 bits per heavy atom. The minimum absolute atomic E-state index is 0.0110. The van der Waals surface area contributed by atoms with Crippen LogP contribution >= 0.6 is 0 Å². The number of fused-ring (bicyclic) bond motifs is 1. The molecule has 3 aromatic carbocycles. The third kappa shape index (κ3) is 4.96. The normalized spacial score (nSPS) is 13.6. The molecule has 2 aromatic heterocycles. The molecule has 0 radical (unpaired) electrons. The van der Waals surface area contributed by atoms with Crippen molar-refractivity contribution >= 4 is 22.7 Å². The van der Waals surface area contributed by atoms with Crippen LogP contribution in [0.4, 0.5) is 4.39 Å². The first-order valence-corrected chi connectivity index (χ1v) is 14.1. The molecule has 6 nitrogen and oxygen atoms in total. The average Bonchev–Trinajstić information content (AvgIpc) is 3.69. The fourth-order valence-corrected chi connectivity index (χ4v) is 5.66. The van der Waals surface area contributed by atoms with E-state index in [-0.39, 0.29) is 22.9 Å². The largest absolute Gasteiger partial charge is 0.493 e. The number of furan rings is 1. The molecule has 0 aliphatic heterocycles. The Labute approximate surface area is 243 Å². The number of pyridine rings is 1. The van der Waals surface area contributed by atoms with E-state index >= 15 is 0 Å². The van der Waals surface area contributed by atoms with Crippen molar-refractivity contribution in [3.05, 3.63) is 107 Å². The quantitative estimate of drug-likeness (QED) is 0.186. The molecule has 0 atom stereocenters. The van der Waals surface area contributed by atoms with Crippen molar-refractivity contribution in [3.8, 4) is 28.2 Å². The Bertz CT molecular complexity index is 1810. The number of benzene rings is 3. The summed E-state index contributed by atoms with van der Waals surface area (Å²) in [6.07, 6.45) is 3.98. The summed E-state index contributed by atoms with van der Waals surface area (Å²) in [5, 5.41) is 3.32. The zero-order chi connectivity index (χ0) is 29.4. The lowest BCUT2D eigenvalue weighted by Crippen LogP contribution is -2.18. The smallest absolute Gasteiger partial charge is 0.255 e. The number of nitrogens with zero attached hydrogens (tertiary/aromatic N) is 1. The van der Waals surface area contributed by atoms with Crippen LogP contribution in [-0.4, -0.2) is 30.3 Å². The zero-order valence-corrected chi connectivity index (χ0v) is 23.8. The van der Waals surface area contributed by atoms with E-state index in [1.165, 1.54) is 12.1 Å². The number of aryl methyl sites for hydroxylation is 1. The number of carbonyl (C=O) groups is 2. The fourth-order valence-electron chi connectivity index (χ4n) is 5.66. The van der Waals surface area contributed by atoms with Crippen LogP contribution in [0, 0.1) is 12.7 Å². The molecule has 0 unspecified atom stereocenters. The van der Waals surface area contributed by atoms with Gasteiger partial charge in [-0.15, -0.1) is 0 Å². The van der Waals surface area contributed by atoms with Crippen LogP contribution in [0.15, 0.2) is 83.4 Å². The van der Waals surface area contributed by atoms with Crippen molar-refractivity contribution in [2.24, 2.45) is 0 Å². The number of nitrogens with one attached hydrogen (secondary N) is 1. The minimum atomic E-state index is -0.373. The molecule has 1 amide bonds. The van der Waals surface area contributed by atoms with E-state index in [1.807, 2.05) is 62.4 Å². The van der Waals surface area contributed by atoms with Crippen molar-refractivity contribution < 1.29 is 23.1 Å². The molecular weight excluding hydrogens is 531 g/mol. The van der Waals surface area contributed by atoms with E-state index in [4.69, 9.17) is 9.15 Å². The predicted octanol–water partition coefficient (Wildman–Crippen LogP) is 7.67. The van der Waals surface area contributed by atoms with E-state index in [0.29, 0.717) is 52.2 Å². The van der Waals surface area contributed by atoms with Gasteiger partial charge in [0.05, 0.1) is 17.7 Å². The molecule has 0 spiro atoms. The second kappa shape index (κ2) is 10.9. The molecule has 42 heavy (non-hydrogen) atoms. The van der Waals surface area contributed by atoms with Gasteiger partial charge in [-0.25, -0.2) is 4.39 Å². The Balaban J connectivity index is 1.44. The first-order chi connectivity index (χ1) is 20.3. The molecule has 1 aliphatic carbocycles. The summed E-state index contributed by atoms with van der Waals surface area (Å²) in [7, 11) is 1.56. The summed E-state index contributed by atoms with van der Waals surface area (Å²) >= 11 is 0. The highest BCUT2D eigenvalue weighted by Crippen LogP contribution is 2.51. The summed E-state index contributed by atoms with van der Waals surface area (Å²) in [5.74, 6) is 0.257. The van der Waals surface area contributed by atoms with Gasteiger partial charge in [0.15, 0.2) is 5.78 Å². The molecule has 2 heterocycles. The lowest BCUT2D eigenvalue weighted by Gasteiger charge is -2.18. The van der Waals surface area contributed by atoms with Gasteiger partial charge in [0, 0.05) is 41.7 Å². The maximum atomic E-state index is 13.8. The number of ketones is 1. The van der Waals surface area contributed by atoms with Gasteiger partial charge in [-0.05, 0) is 104 Å². The third-order valence-corrected chi connectivity index (χ3v) is 8.05. The van der Waals surface area contributed by atoms with Crippen LogP contribution in [0.25, 0.3) is 33.4 Å². The van der Waals surface area contributed by atoms with Crippen LogP contribution in [0.1, 0.15) is 58.2 Å². The molecule has 5 aromatic rings. The zero-order valence-electron chi connectivity index (χ0n) is 23.8. The lowest BCUT2D eigenvalue weighted by molar-refractivity contribution is 0.0956.